The molecule has 0 saturated heterocycles. The van der Waals surface area contributed by atoms with Crippen molar-refractivity contribution in [2.45, 2.75) is 32.7 Å². The standard InChI is InChI=1S/C18H21N5O2/c1-18(2,3)13-6-4-11(5-7-13)15-20-17(23-22-15)21-16(24)12-8-14(9-19)25-10-12/h4-8,10H,9,19H2,1-3H3,(H2,20,21,22,23,24). The molecule has 1 amide bonds. The number of amides is 1. The quantitative estimate of drug-likeness (QED) is 0.676. The summed E-state index contributed by atoms with van der Waals surface area (Å²) in [5.74, 6) is 0.984. The molecule has 2 aromatic heterocycles. The Morgan fingerprint density at radius 2 is 2.00 bits per heavy atom. The van der Waals surface area contributed by atoms with Crippen molar-refractivity contribution in [2.24, 2.45) is 5.73 Å². The lowest BCUT2D eigenvalue weighted by Crippen LogP contribution is -2.12. The molecule has 0 aliphatic rings. The number of carbonyl (C=O) groups is 1. The molecule has 0 radical (unpaired) electrons. The van der Waals surface area contributed by atoms with Gasteiger partial charge in [0.15, 0.2) is 5.82 Å². The second-order valence-corrected chi connectivity index (χ2v) is 6.79. The van der Waals surface area contributed by atoms with Gasteiger partial charge in [0.05, 0.1) is 12.1 Å². The molecule has 0 aliphatic carbocycles. The Balaban J connectivity index is 1.73. The minimum Gasteiger partial charge on any atom is -0.467 e. The van der Waals surface area contributed by atoms with E-state index in [-0.39, 0.29) is 23.8 Å². The summed E-state index contributed by atoms with van der Waals surface area (Å²) >= 11 is 0. The van der Waals surface area contributed by atoms with Crippen LogP contribution in [0.4, 0.5) is 5.95 Å². The van der Waals surface area contributed by atoms with Gasteiger partial charge in [-0.25, -0.2) is 0 Å². The first-order valence-corrected chi connectivity index (χ1v) is 7.99. The lowest BCUT2D eigenvalue weighted by Gasteiger charge is -2.18. The van der Waals surface area contributed by atoms with Crippen LogP contribution in [0.25, 0.3) is 11.4 Å². The number of benzene rings is 1. The van der Waals surface area contributed by atoms with Crippen LogP contribution in [0.15, 0.2) is 41.0 Å². The normalized spacial score (nSPS) is 11.5. The summed E-state index contributed by atoms with van der Waals surface area (Å²) in [5, 5.41) is 9.50. The van der Waals surface area contributed by atoms with Crippen molar-refractivity contribution in [1.29, 1.82) is 0 Å². The van der Waals surface area contributed by atoms with Gasteiger partial charge in [0, 0.05) is 5.56 Å². The van der Waals surface area contributed by atoms with Gasteiger partial charge >= 0.3 is 0 Å². The number of hydrogen-bond donors (Lipinski definition) is 3. The number of nitrogens with two attached hydrogens (primary N) is 1. The lowest BCUT2D eigenvalue weighted by atomic mass is 9.87. The molecule has 3 aromatic rings. The maximum atomic E-state index is 12.1. The smallest absolute Gasteiger partial charge is 0.261 e. The third-order valence-corrected chi connectivity index (χ3v) is 3.85. The van der Waals surface area contributed by atoms with Gasteiger partial charge in [0.25, 0.3) is 5.91 Å². The topological polar surface area (TPSA) is 110 Å². The Morgan fingerprint density at radius 1 is 1.28 bits per heavy atom. The summed E-state index contributed by atoms with van der Waals surface area (Å²) in [6.07, 6.45) is 1.36. The number of hydrogen-bond acceptors (Lipinski definition) is 5. The summed E-state index contributed by atoms with van der Waals surface area (Å²) in [5.41, 5.74) is 8.07. The highest BCUT2D eigenvalue weighted by Crippen LogP contribution is 2.25. The predicted octanol–water partition coefficient (Wildman–Crippen LogP) is 3.07. The molecule has 4 N–H and O–H groups in total. The minimum atomic E-state index is -0.350. The monoisotopic (exact) mass is 339 g/mol. The van der Waals surface area contributed by atoms with E-state index in [1.165, 1.54) is 11.8 Å². The van der Waals surface area contributed by atoms with Crippen molar-refractivity contribution in [2.75, 3.05) is 5.32 Å². The van der Waals surface area contributed by atoms with Crippen LogP contribution in [-0.2, 0) is 12.0 Å². The van der Waals surface area contributed by atoms with Crippen molar-refractivity contribution < 1.29 is 9.21 Å². The number of nitrogens with zero attached hydrogens (tertiary/aromatic N) is 2. The molecule has 0 fully saturated rings. The second-order valence-electron chi connectivity index (χ2n) is 6.79. The number of furan rings is 1. The van der Waals surface area contributed by atoms with Gasteiger partial charge < -0.3 is 10.2 Å². The Bertz CT molecular complexity index is 872. The van der Waals surface area contributed by atoms with Gasteiger partial charge in [-0.15, -0.1) is 5.10 Å². The summed E-state index contributed by atoms with van der Waals surface area (Å²) in [6, 6.07) is 9.69. The van der Waals surface area contributed by atoms with Gasteiger partial charge in [-0.2, -0.15) is 4.98 Å². The third-order valence-electron chi connectivity index (χ3n) is 3.85. The average Bonchev–Trinajstić information content (AvgIpc) is 3.23. The number of rotatable bonds is 4. The molecule has 0 aliphatic heterocycles. The maximum Gasteiger partial charge on any atom is 0.261 e. The van der Waals surface area contributed by atoms with E-state index < -0.39 is 0 Å². The molecule has 130 valence electrons. The largest absolute Gasteiger partial charge is 0.467 e. The zero-order chi connectivity index (χ0) is 18.0. The summed E-state index contributed by atoms with van der Waals surface area (Å²) in [4.78, 5) is 16.4. The van der Waals surface area contributed by atoms with Gasteiger partial charge in [-0.3, -0.25) is 15.2 Å². The molecule has 3 rings (SSSR count). The first-order valence-electron chi connectivity index (χ1n) is 7.99. The lowest BCUT2D eigenvalue weighted by molar-refractivity contribution is 0.102. The SMILES string of the molecule is CC(C)(C)c1ccc(-c2nc(NC(=O)c3coc(CN)c3)n[nH]2)cc1. The van der Waals surface area contributed by atoms with E-state index in [4.69, 9.17) is 10.2 Å². The molecule has 1 aromatic carbocycles. The van der Waals surface area contributed by atoms with E-state index in [9.17, 15) is 4.79 Å². The first kappa shape index (κ1) is 16.9. The van der Waals surface area contributed by atoms with E-state index in [0.29, 0.717) is 17.1 Å². The number of anilines is 1. The minimum absolute atomic E-state index is 0.0893. The Labute approximate surface area is 145 Å². The van der Waals surface area contributed by atoms with Gasteiger partial charge in [-0.1, -0.05) is 45.0 Å². The van der Waals surface area contributed by atoms with Crippen molar-refractivity contribution in [3.05, 3.63) is 53.5 Å². The highest BCUT2D eigenvalue weighted by molar-refractivity contribution is 6.03. The molecule has 0 atom stereocenters. The number of aromatic amines is 1. The van der Waals surface area contributed by atoms with Crippen LogP contribution in [0, 0.1) is 0 Å². The van der Waals surface area contributed by atoms with Gasteiger partial charge in [-0.05, 0) is 17.0 Å². The molecule has 7 nitrogen and oxygen atoms in total. The van der Waals surface area contributed by atoms with Crippen LogP contribution in [0.1, 0.15) is 42.5 Å². The molecule has 25 heavy (non-hydrogen) atoms. The fraction of sp³-hybridized carbons (Fsp3) is 0.278. The number of aromatic nitrogens is 3. The van der Waals surface area contributed by atoms with Crippen LogP contribution in [0.3, 0.4) is 0 Å². The van der Waals surface area contributed by atoms with Gasteiger partial charge in [0.1, 0.15) is 12.0 Å². The number of H-pyrrole nitrogens is 1. The van der Waals surface area contributed by atoms with Crippen molar-refractivity contribution >= 4 is 11.9 Å². The van der Waals surface area contributed by atoms with Crippen LogP contribution < -0.4 is 11.1 Å². The summed E-state index contributed by atoms with van der Waals surface area (Å²) in [6.45, 7) is 6.73. The Hall–Kier alpha value is -2.93. The van der Waals surface area contributed by atoms with E-state index in [2.05, 4.69) is 53.4 Å². The molecule has 0 bridgehead atoms. The number of carbonyl (C=O) groups excluding carboxylic acids is 1. The fourth-order valence-electron chi connectivity index (χ4n) is 2.36. The molecule has 7 heteroatoms. The summed E-state index contributed by atoms with van der Waals surface area (Å²) < 4.78 is 5.15. The Morgan fingerprint density at radius 3 is 2.60 bits per heavy atom. The van der Waals surface area contributed by atoms with Gasteiger partial charge in [0.2, 0.25) is 5.95 Å². The van der Waals surface area contributed by atoms with E-state index >= 15 is 0 Å². The van der Waals surface area contributed by atoms with Crippen molar-refractivity contribution in [3.63, 3.8) is 0 Å². The van der Waals surface area contributed by atoms with E-state index in [1.54, 1.807) is 6.07 Å². The third kappa shape index (κ3) is 3.77. The average molecular weight is 339 g/mol. The van der Waals surface area contributed by atoms with Crippen LogP contribution in [0.5, 0.6) is 0 Å². The van der Waals surface area contributed by atoms with Crippen molar-refractivity contribution in [1.82, 2.24) is 15.2 Å². The predicted molar refractivity (Wildman–Crippen MR) is 95.1 cm³/mol. The summed E-state index contributed by atoms with van der Waals surface area (Å²) in [7, 11) is 0. The van der Waals surface area contributed by atoms with Crippen LogP contribution >= 0.6 is 0 Å². The van der Waals surface area contributed by atoms with E-state index in [0.717, 1.165) is 5.56 Å². The first-order chi connectivity index (χ1) is 11.9. The van der Waals surface area contributed by atoms with Crippen LogP contribution in [0.2, 0.25) is 0 Å². The number of nitrogens with one attached hydrogen (secondary N) is 2. The zero-order valence-electron chi connectivity index (χ0n) is 14.5. The Kier molecular flexibility index (Phi) is 4.41. The van der Waals surface area contributed by atoms with Crippen LogP contribution in [-0.4, -0.2) is 21.1 Å². The molecular weight excluding hydrogens is 318 g/mol. The molecule has 0 saturated carbocycles. The van der Waals surface area contributed by atoms with Crippen molar-refractivity contribution in [3.8, 4) is 11.4 Å². The zero-order valence-corrected chi connectivity index (χ0v) is 14.5. The van der Waals surface area contributed by atoms with E-state index in [1.807, 2.05) is 12.1 Å². The molecular formula is C18H21N5O2. The second kappa shape index (κ2) is 6.52. The highest BCUT2D eigenvalue weighted by atomic mass is 16.3. The molecule has 0 spiro atoms. The highest BCUT2D eigenvalue weighted by Gasteiger charge is 2.15. The maximum absolute atomic E-state index is 12.1. The fourth-order valence-corrected chi connectivity index (χ4v) is 2.36. The molecule has 0 unspecified atom stereocenters. The molecule has 2 heterocycles.